The summed E-state index contributed by atoms with van der Waals surface area (Å²) in [4.78, 5) is 21.4. The summed E-state index contributed by atoms with van der Waals surface area (Å²) in [6.45, 7) is 5.03. The SMILES string of the molecule is O=C(C1CCCN(Cc2ncc(-c3cccc(Cl)c3)o2)C1)N1CCOCC1. The fourth-order valence-electron chi connectivity index (χ4n) is 3.79. The first-order chi connectivity index (χ1) is 13.2. The second kappa shape index (κ2) is 8.42. The molecule has 1 aromatic heterocycles. The molecule has 2 aromatic rings. The van der Waals surface area contributed by atoms with E-state index in [1.165, 1.54) is 0 Å². The number of likely N-dealkylation sites (tertiary alicyclic amines) is 1. The average molecular weight is 390 g/mol. The molecule has 1 aromatic carbocycles. The Morgan fingerprint density at radius 3 is 2.93 bits per heavy atom. The molecular weight excluding hydrogens is 366 g/mol. The largest absolute Gasteiger partial charge is 0.439 e. The number of halogens is 1. The number of piperidine rings is 1. The van der Waals surface area contributed by atoms with Crippen molar-refractivity contribution in [3.8, 4) is 11.3 Å². The maximum absolute atomic E-state index is 12.8. The molecule has 6 nitrogen and oxygen atoms in total. The van der Waals surface area contributed by atoms with Crippen molar-refractivity contribution >= 4 is 17.5 Å². The summed E-state index contributed by atoms with van der Waals surface area (Å²) in [7, 11) is 0. The number of nitrogens with zero attached hydrogens (tertiary/aromatic N) is 3. The second-order valence-electron chi connectivity index (χ2n) is 7.14. The Balaban J connectivity index is 1.37. The Kier molecular flexibility index (Phi) is 5.76. The Bertz CT molecular complexity index is 788. The number of carbonyl (C=O) groups excluding carboxylic acids is 1. The van der Waals surface area contributed by atoms with E-state index in [-0.39, 0.29) is 11.8 Å². The number of morpholine rings is 1. The lowest BCUT2D eigenvalue weighted by Crippen LogP contribution is -2.48. The molecular formula is C20H24ClN3O3. The van der Waals surface area contributed by atoms with Crippen molar-refractivity contribution in [1.82, 2.24) is 14.8 Å². The van der Waals surface area contributed by atoms with Gasteiger partial charge in [0.05, 0.1) is 31.9 Å². The first-order valence-corrected chi connectivity index (χ1v) is 9.86. The summed E-state index contributed by atoms with van der Waals surface area (Å²) in [5, 5.41) is 0.672. The molecule has 0 bridgehead atoms. The zero-order chi connectivity index (χ0) is 18.6. The highest BCUT2D eigenvalue weighted by Gasteiger charge is 2.30. The molecule has 7 heteroatoms. The molecule has 1 unspecified atom stereocenters. The molecule has 2 aliphatic rings. The summed E-state index contributed by atoms with van der Waals surface area (Å²) in [5.41, 5.74) is 0.917. The maximum Gasteiger partial charge on any atom is 0.227 e. The van der Waals surface area contributed by atoms with Gasteiger partial charge in [-0.1, -0.05) is 23.7 Å². The molecule has 2 saturated heterocycles. The smallest absolute Gasteiger partial charge is 0.227 e. The van der Waals surface area contributed by atoms with E-state index in [2.05, 4.69) is 9.88 Å². The Hall–Kier alpha value is -1.89. The Labute approximate surface area is 164 Å². The number of aromatic nitrogens is 1. The molecule has 144 valence electrons. The number of carbonyl (C=O) groups is 1. The lowest BCUT2D eigenvalue weighted by atomic mass is 9.96. The summed E-state index contributed by atoms with van der Waals surface area (Å²) in [5.74, 6) is 1.70. The van der Waals surface area contributed by atoms with Gasteiger partial charge in [0.15, 0.2) is 5.76 Å². The van der Waals surface area contributed by atoms with Gasteiger partial charge in [-0.15, -0.1) is 0 Å². The van der Waals surface area contributed by atoms with Crippen molar-refractivity contribution in [2.75, 3.05) is 39.4 Å². The molecule has 4 rings (SSSR count). The normalized spacial score (nSPS) is 21.4. The van der Waals surface area contributed by atoms with Crippen LogP contribution in [0.4, 0.5) is 0 Å². The molecule has 0 N–H and O–H groups in total. The zero-order valence-electron chi connectivity index (χ0n) is 15.3. The van der Waals surface area contributed by atoms with Crippen LogP contribution in [0.3, 0.4) is 0 Å². The molecule has 27 heavy (non-hydrogen) atoms. The third-order valence-electron chi connectivity index (χ3n) is 5.20. The number of oxazole rings is 1. The number of hydrogen-bond donors (Lipinski definition) is 0. The maximum atomic E-state index is 12.8. The average Bonchev–Trinajstić information content (AvgIpc) is 3.17. The highest BCUT2D eigenvalue weighted by atomic mass is 35.5. The van der Waals surface area contributed by atoms with E-state index in [9.17, 15) is 4.79 Å². The first-order valence-electron chi connectivity index (χ1n) is 9.48. The fourth-order valence-corrected chi connectivity index (χ4v) is 3.98. The molecule has 1 atom stereocenters. The van der Waals surface area contributed by atoms with Crippen LogP contribution in [0.2, 0.25) is 5.02 Å². The molecule has 0 saturated carbocycles. The van der Waals surface area contributed by atoms with Crippen LogP contribution in [0.1, 0.15) is 18.7 Å². The summed E-state index contributed by atoms with van der Waals surface area (Å²) >= 11 is 6.05. The molecule has 1 amide bonds. The van der Waals surface area contributed by atoms with Crippen LogP contribution < -0.4 is 0 Å². The van der Waals surface area contributed by atoms with Crippen molar-refractivity contribution in [3.63, 3.8) is 0 Å². The van der Waals surface area contributed by atoms with Gasteiger partial charge in [0.25, 0.3) is 0 Å². The standard InChI is InChI=1S/C20H24ClN3O3/c21-17-5-1-3-15(11-17)18-12-22-19(27-18)14-23-6-2-4-16(13-23)20(25)24-7-9-26-10-8-24/h1,3,5,11-12,16H,2,4,6-10,13-14H2. The molecule has 0 spiro atoms. The number of benzene rings is 1. The first kappa shape index (κ1) is 18.5. The summed E-state index contributed by atoms with van der Waals surface area (Å²) in [6.07, 6.45) is 3.70. The predicted octanol–water partition coefficient (Wildman–Crippen LogP) is 3.07. The Morgan fingerprint density at radius 1 is 1.26 bits per heavy atom. The number of hydrogen-bond acceptors (Lipinski definition) is 5. The van der Waals surface area contributed by atoms with Crippen molar-refractivity contribution in [2.45, 2.75) is 19.4 Å². The van der Waals surface area contributed by atoms with Gasteiger partial charge in [0.1, 0.15) is 0 Å². The van der Waals surface area contributed by atoms with E-state index in [0.717, 1.165) is 31.5 Å². The minimum absolute atomic E-state index is 0.0548. The molecule has 3 heterocycles. The predicted molar refractivity (Wildman–Crippen MR) is 102 cm³/mol. The number of rotatable bonds is 4. The van der Waals surface area contributed by atoms with Gasteiger partial charge < -0.3 is 14.1 Å². The van der Waals surface area contributed by atoms with Crippen molar-refractivity contribution < 1.29 is 13.9 Å². The monoisotopic (exact) mass is 389 g/mol. The van der Waals surface area contributed by atoms with Crippen LogP contribution in [0.25, 0.3) is 11.3 Å². The van der Waals surface area contributed by atoms with Crippen LogP contribution in [0.5, 0.6) is 0 Å². The van der Waals surface area contributed by atoms with E-state index < -0.39 is 0 Å². The highest BCUT2D eigenvalue weighted by molar-refractivity contribution is 6.30. The molecule has 0 radical (unpaired) electrons. The Morgan fingerprint density at radius 2 is 2.11 bits per heavy atom. The van der Waals surface area contributed by atoms with Gasteiger partial charge in [-0.2, -0.15) is 0 Å². The molecule has 2 fully saturated rings. The fraction of sp³-hybridized carbons (Fsp3) is 0.500. The van der Waals surface area contributed by atoms with Gasteiger partial charge in [0, 0.05) is 30.2 Å². The lowest BCUT2D eigenvalue weighted by Gasteiger charge is -2.35. The van der Waals surface area contributed by atoms with Crippen LogP contribution in [-0.4, -0.2) is 60.1 Å². The molecule has 0 aliphatic carbocycles. The van der Waals surface area contributed by atoms with Gasteiger partial charge in [-0.05, 0) is 31.5 Å². The van der Waals surface area contributed by atoms with E-state index in [4.69, 9.17) is 20.8 Å². The van der Waals surface area contributed by atoms with Gasteiger partial charge >= 0.3 is 0 Å². The van der Waals surface area contributed by atoms with E-state index in [1.807, 2.05) is 29.2 Å². The lowest BCUT2D eigenvalue weighted by molar-refractivity contribution is -0.141. The van der Waals surface area contributed by atoms with E-state index in [1.54, 1.807) is 6.20 Å². The van der Waals surface area contributed by atoms with E-state index >= 15 is 0 Å². The summed E-state index contributed by atoms with van der Waals surface area (Å²) < 4.78 is 11.3. The summed E-state index contributed by atoms with van der Waals surface area (Å²) in [6, 6.07) is 7.55. The second-order valence-corrected chi connectivity index (χ2v) is 7.58. The van der Waals surface area contributed by atoms with Gasteiger partial charge in [0.2, 0.25) is 11.8 Å². The van der Waals surface area contributed by atoms with Crippen LogP contribution >= 0.6 is 11.6 Å². The van der Waals surface area contributed by atoms with Gasteiger partial charge in [-0.3, -0.25) is 9.69 Å². The minimum atomic E-state index is 0.0548. The van der Waals surface area contributed by atoms with Gasteiger partial charge in [-0.25, -0.2) is 4.98 Å². The zero-order valence-corrected chi connectivity index (χ0v) is 16.0. The third-order valence-corrected chi connectivity index (χ3v) is 5.43. The quantitative estimate of drug-likeness (QED) is 0.804. The van der Waals surface area contributed by atoms with Crippen LogP contribution in [-0.2, 0) is 16.1 Å². The van der Waals surface area contributed by atoms with Crippen molar-refractivity contribution in [1.29, 1.82) is 0 Å². The number of amides is 1. The third kappa shape index (κ3) is 4.51. The highest BCUT2D eigenvalue weighted by Crippen LogP contribution is 2.25. The van der Waals surface area contributed by atoms with E-state index in [0.29, 0.717) is 49.5 Å². The van der Waals surface area contributed by atoms with Crippen molar-refractivity contribution in [3.05, 3.63) is 41.4 Å². The molecule has 2 aliphatic heterocycles. The topological polar surface area (TPSA) is 58.8 Å². The van der Waals surface area contributed by atoms with Crippen molar-refractivity contribution in [2.24, 2.45) is 5.92 Å². The van der Waals surface area contributed by atoms with Crippen LogP contribution in [0, 0.1) is 5.92 Å². The van der Waals surface area contributed by atoms with Crippen LogP contribution in [0.15, 0.2) is 34.9 Å². The number of ether oxygens (including phenoxy) is 1. The minimum Gasteiger partial charge on any atom is -0.439 e.